The number of nitrogens with zero attached hydrogens (tertiary/aromatic N) is 1. The van der Waals surface area contributed by atoms with E-state index in [9.17, 15) is 13.2 Å². The van der Waals surface area contributed by atoms with E-state index in [2.05, 4.69) is 10.0 Å². The van der Waals surface area contributed by atoms with Crippen LogP contribution in [0, 0.1) is 6.92 Å². The second-order valence-electron chi connectivity index (χ2n) is 6.82. The van der Waals surface area contributed by atoms with Crippen LogP contribution in [0.4, 0.5) is 4.79 Å². The van der Waals surface area contributed by atoms with Gasteiger partial charge in [-0.2, -0.15) is 0 Å². The highest BCUT2D eigenvalue weighted by Crippen LogP contribution is 2.18. The van der Waals surface area contributed by atoms with Crippen molar-refractivity contribution >= 4 is 16.1 Å². The fourth-order valence-electron chi connectivity index (χ4n) is 3.12. The first-order valence-electron chi connectivity index (χ1n) is 9.04. The van der Waals surface area contributed by atoms with Gasteiger partial charge >= 0.3 is 6.03 Å². The standard InChI is InChI=1S/C19H25N3O4S/c1-14-8-9-18(26-14)15(2)20-19(23)22-12-10-16(11-13-22)21-27(24,25)17-6-4-3-5-7-17/h3-9,15-16,21H,10-13H2,1-2H3,(H,20,23). The van der Waals surface area contributed by atoms with Crippen molar-refractivity contribution in [3.05, 3.63) is 54.0 Å². The second kappa shape index (κ2) is 8.14. The lowest BCUT2D eigenvalue weighted by Gasteiger charge is -2.32. The summed E-state index contributed by atoms with van der Waals surface area (Å²) in [6.07, 6.45) is 1.15. The summed E-state index contributed by atoms with van der Waals surface area (Å²) in [5.74, 6) is 1.52. The predicted molar refractivity (Wildman–Crippen MR) is 102 cm³/mol. The van der Waals surface area contributed by atoms with Gasteiger partial charge in [-0.15, -0.1) is 0 Å². The number of sulfonamides is 1. The van der Waals surface area contributed by atoms with Crippen LogP contribution >= 0.6 is 0 Å². The average molecular weight is 391 g/mol. The zero-order valence-electron chi connectivity index (χ0n) is 15.5. The number of hydrogen-bond acceptors (Lipinski definition) is 4. The number of piperidine rings is 1. The van der Waals surface area contributed by atoms with Crippen molar-refractivity contribution in [3.63, 3.8) is 0 Å². The third-order valence-electron chi connectivity index (χ3n) is 4.69. The van der Waals surface area contributed by atoms with Gasteiger partial charge in [0.15, 0.2) is 0 Å². The van der Waals surface area contributed by atoms with E-state index in [1.54, 1.807) is 35.2 Å². The fourth-order valence-corrected chi connectivity index (χ4v) is 4.45. The summed E-state index contributed by atoms with van der Waals surface area (Å²) in [4.78, 5) is 14.4. The predicted octanol–water partition coefficient (Wildman–Crippen LogP) is 2.80. The van der Waals surface area contributed by atoms with Crippen LogP contribution in [0.1, 0.15) is 37.3 Å². The summed E-state index contributed by atoms with van der Waals surface area (Å²) < 4.78 is 33.1. The largest absolute Gasteiger partial charge is 0.464 e. The Morgan fingerprint density at radius 2 is 1.81 bits per heavy atom. The number of carbonyl (C=O) groups is 1. The van der Waals surface area contributed by atoms with Crippen molar-refractivity contribution < 1.29 is 17.6 Å². The molecule has 2 aromatic rings. The molecule has 0 bridgehead atoms. The van der Waals surface area contributed by atoms with Crippen molar-refractivity contribution in [2.75, 3.05) is 13.1 Å². The molecule has 1 aromatic carbocycles. The van der Waals surface area contributed by atoms with E-state index in [0.29, 0.717) is 31.7 Å². The number of likely N-dealkylation sites (tertiary alicyclic amines) is 1. The molecule has 1 fully saturated rings. The van der Waals surface area contributed by atoms with E-state index in [1.165, 1.54) is 0 Å². The van der Waals surface area contributed by atoms with Gasteiger partial charge in [-0.3, -0.25) is 0 Å². The van der Waals surface area contributed by atoms with Gasteiger partial charge < -0.3 is 14.6 Å². The van der Waals surface area contributed by atoms with Crippen molar-refractivity contribution in [1.29, 1.82) is 0 Å². The molecule has 146 valence electrons. The number of carbonyl (C=O) groups excluding carboxylic acids is 1. The second-order valence-corrected chi connectivity index (χ2v) is 8.53. The number of aryl methyl sites for hydroxylation is 1. The maximum absolute atomic E-state index is 12.4. The first-order chi connectivity index (χ1) is 12.8. The first-order valence-corrected chi connectivity index (χ1v) is 10.5. The third kappa shape index (κ3) is 4.90. The Hall–Kier alpha value is -2.32. The van der Waals surface area contributed by atoms with E-state index < -0.39 is 10.0 Å². The molecule has 0 aliphatic carbocycles. The summed E-state index contributed by atoms with van der Waals surface area (Å²) in [7, 11) is -3.53. The number of urea groups is 1. The molecule has 0 saturated carbocycles. The Morgan fingerprint density at radius 3 is 2.41 bits per heavy atom. The van der Waals surface area contributed by atoms with Gasteiger partial charge in [-0.05, 0) is 51.0 Å². The maximum Gasteiger partial charge on any atom is 0.317 e. The van der Waals surface area contributed by atoms with Crippen molar-refractivity contribution in [3.8, 4) is 0 Å². The molecule has 1 atom stereocenters. The van der Waals surface area contributed by atoms with Gasteiger partial charge in [0.25, 0.3) is 0 Å². The molecular weight excluding hydrogens is 366 g/mol. The molecule has 27 heavy (non-hydrogen) atoms. The SMILES string of the molecule is Cc1ccc(C(C)NC(=O)N2CCC(NS(=O)(=O)c3ccccc3)CC2)o1. The highest BCUT2D eigenvalue weighted by molar-refractivity contribution is 7.89. The van der Waals surface area contributed by atoms with Crippen LogP contribution < -0.4 is 10.0 Å². The van der Waals surface area contributed by atoms with Gasteiger partial charge in [-0.1, -0.05) is 18.2 Å². The lowest BCUT2D eigenvalue weighted by atomic mass is 10.1. The molecule has 1 aliphatic heterocycles. The summed E-state index contributed by atoms with van der Waals surface area (Å²) in [6, 6.07) is 11.5. The number of hydrogen-bond donors (Lipinski definition) is 2. The van der Waals surface area contributed by atoms with Crippen molar-refractivity contribution in [2.24, 2.45) is 0 Å². The molecule has 2 heterocycles. The van der Waals surface area contributed by atoms with E-state index >= 15 is 0 Å². The number of amides is 2. The van der Waals surface area contributed by atoms with Gasteiger partial charge in [0.05, 0.1) is 10.9 Å². The van der Waals surface area contributed by atoms with E-state index in [4.69, 9.17) is 4.42 Å². The minimum atomic E-state index is -3.53. The van der Waals surface area contributed by atoms with E-state index in [-0.39, 0.29) is 23.0 Å². The van der Waals surface area contributed by atoms with Crippen LogP contribution in [0.25, 0.3) is 0 Å². The van der Waals surface area contributed by atoms with Crippen LogP contribution in [0.15, 0.2) is 51.8 Å². The molecule has 1 aliphatic rings. The van der Waals surface area contributed by atoms with Gasteiger partial charge in [0, 0.05) is 19.1 Å². The quantitative estimate of drug-likeness (QED) is 0.820. The average Bonchev–Trinajstić information content (AvgIpc) is 3.09. The Kier molecular flexibility index (Phi) is 5.86. The Labute approximate surface area is 159 Å². The molecule has 1 saturated heterocycles. The molecular formula is C19H25N3O4S. The maximum atomic E-state index is 12.4. The van der Waals surface area contributed by atoms with Gasteiger partial charge in [-0.25, -0.2) is 17.9 Å². The third-order valence-corrected chi connectivity index (χ3v) is 6.22. The van der Waals surface area contributed by atoms with Crippen LogP contribution in [-0.4, -0.2) is 38.5 Å². The zero-order valence-corrected chi connectivity index (χ0v) is 16.3. The van der Waals surface area contributed by atoms with Crippen LogP contribution in [0.5, 0.6) is 0 Å². The summed E-state index contributed by atoms with van der Waals surface area (Å²) >= 11 is 0. The Balaban J connectivity index is 1.50. The molecule has 2 N–H and O–H groups in total. The minimum Gasteiger partial charge on any atom is -0.464 e. The molecule has 1 unspecified atom stereocenters. The molecule has 2 amide bonds. The molecule has 0 radical (unpaired) electrons. The number of nitrogens with one attached hydrogen (secondary N) is 2. The van der Waals surface area contributed by atoms with Gasteiger partial charge in [0.2, 0.25) is 10.0 Å². The van der Waals surface area contributed by atoms with E-state index in [0.717, 1.165) is 5.76 Å². The summed E-state index contributed by atoms with van der Waals surface area (Å²) in [5.41, 5.74) is 0. The first kappa shape index (κ1) is 19.4. The summed E-state index contributed by atoms with van der Waals surface area (Å²) in [5, 5.41) is 2.92. The Bertz CT molecular complexity index is 871. The van der Waals surface area contributed by atoms with Crippen LogP contribution in [0.2, 0.25) is 0 Å². The smallest absolute Gasteiger partial charge is 0.317 e. The normalized spacial score (nSPS) is 16.9. The highest BCUT2D eigenvalue weighted by atomic mass is 32.2. The lowest BCUT2D eigenvalue weighted by Crippen LogP contribution is -2.49. The molecule has 7 nitrogen and oxygen atoms in total. The zero-order chi connectivity index (χ0) is 19.4. The molecule has 0 spiro atoms. The molecule has 3 rings (SSSR count). The molecule has 8 heteroatoms. The number of furan rings is 1. The number of rotatable bonds is 5. The molecule has 1 aromatic heterocycles. The topological polar surface area (TPSA) is 91.7 Å². The van der Waals surface area contributed by atoms with Crippen LogP contribution in [0.3, 0.4) is 0 Å². The fraction of sp³-hybridized carbons (Fsp3) is 0.421. The monoisotopic (exact) mass is 391 g/mol. The van der Waals surface area contributed by atoms with Crippen LogP contribution in [-0.2, 0) is 10.0 Å². The summed E-state index contributed by atoms with van der Waals surface area (Å²) in [6.45, 7) is 4.73. The van der Waals surface area contributed by atoms with Gasteiger partial charge in [0.1, 0.15) is 11.5 Å². The highest BCUT2D eigenvalue weighted by Gasteiger charge is 2.27. The van der Waals surface area contributed by atoms with Crippen molar-refractivity contribution in [2.45, 2.75) is 43.7 Å². The van der Waals surface area contributed by atoms with E-state index in [1.807, 2.05) is 26.0 Å². The Morgan fingerprint density at radius 1 is 1.15 bits per heavy atom. The lowest BCUT2D eigenvalue weighted by molar-refractivity contribution is 0.175. The minimum absolute atomic E-state index is 0.166. The van der Waals surface area contributed by atoms with Crippen molar-refractivity contribution in [1.82, 2.24) is 14.9 Å². The number of benzene rings is 1.